The smallest absolute Gasteiger partial charge is 0.275 e. The predicted molar refractivity (Wildman–Crippen MR) is 95.7 cm³/mol. The fourth-order valence-corrected chi connectivity index (χ4v) is 2.84. The number of carbonyl (C=O) groups excluding carboxylic acids is 1. The zero-order chi connectivity index (χ0) is 17.8. The lowest BCUT2D eigenvalue weighted by Crippen LogP contribution is -2.46. The second-order valence-corrected chi connectivity index (χ2v) is 6.17. The second kappa shape index (κ2) is 7.76. The molecule has 1 fully saturated rings. The normalized spacial score (nSPS) is 15.2. The van der Waals surface area contributed by atoms with Gasteiger partial charge >= 0.3 is 0 Å². The van der Waals surface area contributed by atoms with Crippen LogP contribution in [0.25, 0.3) is 0 Å². The maximum absolute atomic E-state index is 13.2. The fraction of sp³-hybridized carbons (Fsp3) is 0.353. The Hall–Kier alpha value is -2.25. The van der Waals surface area contributed by atoms with Gasteiger partial charge in [-0.05, 0) is 24.7 Å². The number of nitrogens with one attached hydrogen (secondary N) is 1. The van der Waals surface area contributed by atoms with E-state index in [0.717, 1.165) is 38.5 Å². The highest BCUT2D eigenvalue weighted by Gasteiger charge is 2.18. The summed E-state index contributed by atoms with van der Waals surface area (Å²) < 4.78 is 13.2. The van der Waals surface area contributed by atoms with Crippen molar-refractivity contribution in [3.05, 3.63) is 47.1 Å². The van der Waals surface area contributed by atoms with E-state index in [2.05, 4.69) is 32.0 Å². The van der Waals surface area contributed by atoms with Crippen LogP contribution in [0.3, 0.4) is 0 Å². The summed E-state index contributed by atoms with van der Waals surface area (Å²) in [6.45, 7) is 6.96. The Kier molecular flexibility index (Phi) is 5.45. The number of halogens is 2. The number of nitrogens with zero attached hydrogens (tertiary/aromatic N) is 4. The minimum absolute atomic E-state index is 0.0505. The molecule has 0 saturated carbocycles. The molecule has 0 spiro atoms. The first kappa shape index (κ1) is 17.6. The van der Waals surface area contributed by atoms with E-state index in [1.807, 2.05) is 0 Å². The van der Waals surface area contributed by atoms with Crippen molar-refractivity contribution >= 4 is 29.0 Å². The van der Waals surface area contributed by atoms with E-state index in [1.165, 1.54) is 24.4 Å². The quantitative estimate of drug-likeness (QED) is 0.904. The van der Waals surface area contributed by atoms with Crippen molar-refractivity contribution in [1.82, 2.24) is 14.9 Å². The molecule has 2 aromatic rings. The molecule has 0 radical (unpaired) electrons. The summed E-state index contributed by atoms with van der Waals surface area (Å²) in [7, 11) is 0. The highest BCUT2D eigenvalue weighted by Crippen LogP contribution is 2.20. The van der Waals surface area contributed by atoms with E-state index >= 15 is 0 Å². The summed E-state index contributed by atoms with van der Waals surface area (Å²) in [6.07, 6.45) is 3.05. The maximum Gasteiger partial charge on any atom is 0.275 e. The number of benzene rings is 1. The third kappa shape index (κ3) is 4.24. The SMILES string of the molecule is CCN1CCN(c2cnc(C(=O)Nc3ccc(F)c(Cl)c3)cn2)CC1. The number of aromatic nitrogens is 2. The summed E-state index contributed by atoms with van der Waals surface area (Å²) in [5.74, 6) is -0.193. The Bertz CT molecular complexity index is 747. The summed E-state index contributed by atoms with van der Waals surface area (Å²) in [5.41, 5.74) is 0.592. The highest BCUT2D eigenvalue weighted by molar-refractivity contribution is 6.31. The molecule has 8 heteroatoms. The average Bonchev–Trinajstić information content (AvgIpc) is 2.65. The summed E-state index contributed by atoms with van der Waals surface area (Å²) in [6, 6.07) is 3.99. The Labute approximate surface area is 150 Å². The van der Waals surface area contributed by atoms with Gasteiger partial charge in [0.1, 0.15) is 17.3 Å². The van der Waals surface area contributed by atoms with Gasteiger partial charge in [-0.1, -0.05) is 18.5 Å². The zero-order valence-electron chi connectivity index (χ0n) is 13.9. The van der Waals surface area contributed by atoms with Crippen LogP contribution >= 0.6 is 11.6 Å². The van der Waals surface area contributed by atoms with E-state index in [9.17, 15) is 9.18 Å². The molecule has 0 bridgehead atoms. The largest absolute Gasteiger partial charge is 0.353 e. The summed E-state index contributed by atoms with van der Waals surface area (Å²) in [4.78, 5) is 25.3. The van der Waals surface area contributed by atoms with Crippen LogP contribution in [0, 0.1) is 5.82 Å². The lowest BCUT2D eigenvalue weighted by atomic mass is 10.3. The number of piperazine rings is 1. The van der Waals surface area contributed by atoms with E-state index in [4.69, 9.17) is 11.6 Å². The van der Waals surface area contributed by atoms with Crippen molar-refractivity contribution in [2.24, 2.45) is 0 Å². The highest BCUT2D eigenvalue weighted by atomic mass is 35.5. The topological polar surface area (TPSA) is 61.4 Å². The Morgan fingerprint density at radius 1 is 1.24 bits per heavy atom. The van der Waals surface area contributed by atoms with E-state index < -0.39 is 11.7 Å². The molecule has 132 valence electrons. The van der Waals surface area contributed by atoms with Crippen LogP contribution in [-0.2, 0) is 0 Å². The molecule has 1 aliphatic heterocycles. The van der Waals surface area contributed by atoms with Gasteiger partial charge in [0.25, 0.3) is 5.91 Å². The van der Waals surface area contributed by atoms with Crippen LogP contribution in [0.1, 0.15) is 17.4 Å². The first-order chi connectivity index (χ1) is 12.1. The number of anilines is 2. The number of likely N-dealkylation sites (N-methyl/N-ethyl adjacent to an activating group) is 1. The Balaban J connectivity index is 1.63. The van der Waals surface area contributed by atoms with Gasteiger partial charge < -0.3 is 15.1 Å². The van der Waals surface area contributed by atoms with Gasteiger partial charge in [0.2, 0.25) is 0 Å². The summed E-state index contributed by atoms with van der Waals surface area (Å²) in [5, 5.41) is 2.58. The molecule has 1 saturated heterocycles. The molecule has 6 nitrogen and oxygen atoms in total. The predicted octanol–water partition coefficient (Wildman–Crippen LogP) is 2.66. The molecule has 0 aliphatic carbocycles. The number of hydrogen-bond acceptors (Lipinski definition) is 5. The van der Waals surface area contributed by atoms with Crippen molar-refractivity contribution in [1.29, 1.82) is 0 Å². The van der Waals surface area contributed by atoms with Gasteiger partial charge in [0, 0.05) is 31.9 Å². The maximum atomic E-state index is 13.2. The van der Waals surface area contributed by atoms with Crippen molar-refractivity contribution in [2.75, 3.05) is 42.9 Å². The van der Waals surface area contributed by atoms with E-state index in [-0.39, 0.29) is 10.7 Å². The Morgan fingerprint density at radius 3 is 2.60 bits per heavy atom. The van der Waals surface area contributed by atoms with Crippen LogP contribution in [0.2, 0.25) is 5.02 Å². The van der Waals surface area contributed by atoms with Gasteiger partial charge in [0.05, 0.1) is 17.4 Å². The molecule has 3 rings (SSSR count). The molecule has 1 N–H and O–H groups in total. The molecule has 0 unspecified atom stereocenters. The van der Waals surface area contributed by atoms with Gasteiger partial charge in [0.15, 0.2) is 0 Å². The van der Waals surface area contributed by atoms with Gasteiger partial charge in [-0.2, -0.15) is 0 Å². The lowest BCUT2D eigenvalue weighted by molar-refractivity contribution is 0.102. The van der Waals surface area contributed by atoms with Crippen molar-refractivity contribution < 1.29 is 9.18 Å². The average molecular weight is 364 g/mol. The molecular formula is C17H19ClFN5O. The Morgan fingerprint density at radius 2 is 2.00 bits per heavy atom. The van der Waals surface area contributed by atoms with Crippen molar-refractivity contribution in [3.8, 4) is 0 Å². The second-order valence-electron chi connectivity index (χ2n) is 5.76. The summed E-state index contributed by atoms with van der Waals surface area (Å²) >= 11 is 5.71. The minimum atomic E-state index is -0.535. The molecule has 1 aliphatic rings. The standard InChI is InChI=1S/C17H19ClFN5O/c1-2-23-5-7-24(8-6-23)16-11-20-15(10-21-16)17(25)22-12-3-4-14(19)13(18)9-12/h3-4,9-11H,2,5-8H2,1H3,(H,22,25). The molecule has 0 atom stereocenters. The minimum Gasteiger partial charge on any atom is -0.353 e. The van der Waals surface area contributed by atoms with Gasteiger partial charge in [-0.25, -0.2) is 14.4 Å². The molecule has 1 amide bonds. The number of rotatable bonds is 4. The van der Waals surface area contributed by atoms with Crippen LogP contribution in [0.15, 0.2) is 30.6 Å². The van der Waals surface area contributed by atoms with Crippen LogP contribution in [-0.4, -0.2) is 53.5 Å². The van der Waals surface area contributed by atoms with Crippen molar-refractivity contribution in [2.45, 2.75) is 6.92 Å². The van der Waals surface area contributed by atoms with Crippen LogP contribution < -0.4 is 10.2 Å². The van der Waals surface area contributed by atoms with Crippen LogP contribution in [0.4, 0.5) is 15.9 Å². The molecule has 2 heterocycles. The third-order valence-electron chi connectivity index (χ3n) is 4.19. The van der Waals surface area contributed by atoms with Gasteiger partial charge in [-0.3, -0.25) is 4.79 Å². The van der Waals surface area contributed by atoms with Crippen LogP contribution in [0.5, 0.6) is 0 Å². The molecule has 1 aromatic heterocycles. The third-order valence-corrected chi connectivity index (χ3v) is 4.48. The van der Waals surface area contributed by atoms with Crippen molar-refractivity contribution in [3.63, 3.8) is 0 Å². The van der Waals surface area contributed by atoms with E-state index in [1.54, 1.807) is 6.20 Å². The fourth-order valence-electron chi connectivity index (χ4n) is 2.66. The molecule has 25 heavy (non-hydrogen) atoms. The zero-order valence-corrected chi connectivity index (χ0v) is 14.6. The number of carbonyl (C=O) groups is 1. The lowest BCUT2D eigenvalue weighted by Gasteiger charge is -2.34. The van der Waals surface area contributed by atoms with E-state index in [0.29, 0.717) is 5.69 Å². The molecule has 1 aromatic carbocycles. The number of hydrogen-bond donors (Lipinski definition) is 1. The first-order valence-corrected chi connectivity index (χ1v) is 8.50. The monoisotopic (exact) mass is 363 g/mol. The first-order valence-electron chi connectivity index (χ1n) is 8.12. The number of amides is 1. The van der Waals surface area contributed by atoms with Gasteiger partial charge in [-0.15, -0.1) is 0 Å². The molecular weight excluding hydrogens is 345 g/mol.